The minimum absolute atomic E-state index is 0. The van der Waals surface area contributed by atoms with E-state index in [4.69, 9.17) is 14.7 Å². The van der Waals surface area contributed by atoms with Crippen LogP contribution in [-0.2, 0) is 31.5 Å². The third kappa shape index (κ3) is 12.6. The Labute approximate surface area is 201 Å². The molecule has 0 aliphatic rings. The van der Waals surface area contributed by atoms with E-state index < -0.39 is 13.9 Å². The maximum atomic E-state index is 9.75. The van der Waals surface area contributed by atoms with Gasteiger partial charge in [-0.3, -0.25) is 9.59 Å². The van der Waals surface area contributed by atoms with Gasteiger partial charge in [0.25, 0.3) is 13.6 Å². The largest absolute Gasteiger partial charge is 0.478 e. The maximum absolute atomic E-state index is 9.75. The predicted molar refractivity (Wildman–Crippen MR) is 128 cm³/mol. The Morgan fingerprint density at radius 2 is 1.00 bits per heavy atom. The molecule has 4 nitrogen and oxygen atoms in total. The number of rotatable bonds is 5. The molecular formula is C26H23FeO4P. The molecule has 6 heteroatoms. The average molecular weight is 486 g/mol. The Balaban J connectivity index is 0. The number of aliphatic carboxylic acids is 1. The van der Waals surface area contributed by atoms with Crippen LogP contribution in [0.1, 0.15) is 6.92 Å². The van der Waals surface area contributed by atoms with Crippen molar-refractivity contribution >= 4 is 43.4 Å². The zero-order valence-electron chi connectivity index (χ0n) is 17.4. The van der Waals surface area contributed by atoms with Gasteiger partial charge in [0.1, 0.15) is 0 Å². The molecule has 0 heterocycles. The van der Waals surface area contributed by atoms with Crippen LogP contribution >= 0.6 is 7.92 Å². The van der Waals surface area contributed by atoms with Crippen LogP contribution in [0.15, 0.2) is 115 Å². The van der Waals surface area contributed by atoms with Crippen LogP contribution in [0.3, 0.4) is 0 Å². The van der Waals surface area contributed by atoms with E-state index in [1.54, 1.807) is 12.2 Å². The molecule has 0 saturated heterocycles. The molecule has 0 aliphatic carbocycles. The molecule has 0 spiro atoms. The van der Waals surface area contributed by atoms with Crippen LogP contribution in [0, 0.1) is 0 Å². The van der Waals surface area contributed by atoms with Gasteiger partial charge in [0, 0.05) is 23.1 Å². The first-order valence-corrected chi connectivity index (χ1v) is 10.4. The van der Waals surface area contributed by atoms with E-state index in [0.717, 1.165) is 6.08 Å². The minimum Gasteiger partial charge on any atom is -0.478 e. The van der Waals surface area contributed by atoms with Gasteiger partial charge in [-0.2, -0.15) is 0 Å². The third-order valence-electron chi connectivity index (χ3n) is 3.59. The van der Waals surface area contributed by atoms with E-state index in [0.29, 0.717) is 0 Å². The summed E-state index contributed by atoms with van der Waals surface area (Å²) in [6.45, 7) is 10.8. The van der Waals surface area contributed by atoms with Crippen molar-refractivity contribution < 1.29 is 36.6 Å². The molecule has 3 rings (SSSR count). The van der Waals surface area contributed by atoms with Gasteiger partial charge in [-0.25, -0.2) is 4.79 Å². The first-order chi connectivity index (χ1) is 15.2. The Morgan fingerprint density at radius 1 is 0.688 bits per heavy atom. The smallest absolute Gasteiger partial charge is 0.328 e. The van der Waals surface area contributed by atoms with Crippen molar-refractivity contribution in [3.63, 3.8) is 0 Å². The monoisotopic (exact) mass is 486 g/mol. The third-order valence-corrected chi connectivity index (χ3v) is 6.03. The SMILES string of the molecule is CC=CC=CC(=O)O.[C]=O.[C]=O.[Fe].c1ccc(P(c2ccccc2)c2ccccc2)cc1. The molecule has 0 aromatic heterocycles. The topological polar surface area (TPSA) is 71.4 Å². The summed E-state index contributed by atoms with van der Waals surface area (Å²) < 4.78 is 0. The predicted octanol–water partition coefficient (Wildman–Crippen LogP) is 3.85. The van der Waals surface area contributed by atoms with Crippen LogP contribution in [0.5, 0.6) is 0 Å². The van der Waals surface area contributed by atoms with Crippen LogP contribution in [0.25, 0.3) is 0 Å². The van der Waals surface area contributed by atoms with E-state index in [1.165, 1.54) is 22.0 Å². The molecule has 3 aromatic rings. The summed E-state index contributed by atoms with van der Waals surface area (Å²) in [6, 6.07) is 32.3. The Kier molecular flexibility index (Phi) is 20.5. The Hall–Kier alpha value is -3.10. The summed E-state index contributed by atoms with van der Waals surface area (Å²) in [5.41, 5.74) is 0. The second kappa shape index (κ2) is 21.1. The molecule has 0 saturated carbocycles. The molecule has 0 atom stereocenters. The van der Waals surface area contributed by atoms with Gasteiger partial charge in [0.05, 0.1) is 0 Å². The fourth-order valence-corrected chi connectivity index (χ4v) is 4.73. The normalized spacial score (nSPS) is 9.31. The average Bonchev–Trinajstić information content (AvgIpc) is 2.84. The number of hydrogen-bond donors (Lipinski definition) is 1. The molecule has 0 amide bonds. The summed E-state index contributed by atoms with van der Waals surface area (Å²) in [5.74, 6) is -0.914. The van der Waals surface area contributed by atoms with Crippen molar-refractivity contribution in [1.82, 2.24) is 0 Å². The van der Waals surface area contributed by atoms with Gasteiger partial charge >= 0.3 is 5.97 Å². The number of allylic oxidation sites excluding steroid dienone is 3. The van der Waals surface area contributed by atoms with Crippen molar-refractivity contribution in [2.24, 2.45) is 0 Å². The summed E-state index contributed by atoms with van der Waals surface area (Å²) in [5, 5.41) is 12.2. The van der Waals surface area contributed by atoms with E-state index in [9.17, 15) is 4.79 Å². The van der Waals surface area contributed by atoms with Gasteiger partial charge in [-0.1, -0.05) is 109 Å². The van der Waals surface area contributed by atoms with Crippen LogP contribution in [-0.4, -0.2) is 24.7 Å². The number of carbonyl (C=O) groups excluding carboxylic acids is 2. The number of carbonyl (C=O) groups is 1. The summed E-state index contributed by atoms with van der Waals surface area (Å²) >= 11 is 0. The van der Waals surface area contributed by atoms with Gasteiger partial charge in [0.2, 0.25) is 0 Å². The molecule has 3 aromatic carbocycles. The van der Waals surface area contributed by atoms with E-state index in [-0.39, 0.29) is 17.1 Å². The number of carboxylic acids is 1. The molecule has 0 bridgehead atoms. The van der Waals surface area contributed by atoms with Crippen LogP contribution in [0.2, 0.25) is 0 Å². The molecule has 0 unspecified atom stereocenters. The van der Waals surface area contributed by atoms with Crippen molar-refractivity contribution in [3.8, 4) is 0 Å². The van der Waals surface area contributed by atoms with Gasteiger partial charge in [-0.15, -0.1) is 0 Å². The first kappa shape index (κ1) is 31.1. The standard InChI is InChI=1S/C18H15P.C6H8O2.2CO.Fe/c1-4-10-16(11-5-1)19(17-12-6-2-7-13-17)18-14-8-3-9-15-18;1-2-3-4-5-6(7)8;2*1-2;/h1-15H;2-5H,1H3,(H,7,8);;;. The Morgan fingerprint density at radius 3 is 1.25 bits per heavy atom. The number of benzene rings is 3. The van der Waals surface area contributed by atoms with Gasteiger partial charge in [0.15, 0.2) is 0 Å². The minimum atomic E-state index is -0.914. The fraction of sp³-hybridized carbons (Fsp3) is 0.0385. The van der Waals surface area contributed by atoms with E-state index in [2.05, 4.69) is 105 Å². The summed E-state index contributed by atoms with van der Waals surface area (Å²) in [7, 11) is -0.446. The second-order valence-corrected chi connectivity index (χ2v) is 7.79. The Bertz CT molecular complexity index is 805. The molecule has 4 radical (unpaired) electrons. The van der Waals surface area contributed by atoms with Crippen molar-refractivity contribution in [1.29, 1.82) is 0 Å². The van der Waals surface area contributed by atoms with Crippen molar-refractivity contribution in [2.45, 2.75) is 6.92 Å². The van der Waals surface area contributed by atoms with Gasteiger partial charge < -0.3 is 5.11 Å². The van der Waals surface area contributed by atoms with Crippen LogP contribution < -0.4 is 15.9 Å². The zero-order valence-corrected chi connectivity index (χ0v) is 19.4. The number of hydrogen-bond acceptors (Lipinski definition) is 3. The van der Waals surface area contributed by atoms with E-state index >= 15 is 0 Å². The molecular weight excluding hydrogens is 463 g/mol. The zero-order chi connectivity index (χ0) is 23.3. The number of carboxylic acid groups (broad SMARTS) is 1. The summed E-state index contributed by atoms with van der Waals surface area (Å²) in [6.07, 6.45) is 5.98. The fourth-order valence-electron chi connectivity index (χ4n) is 2.43. The first-order valence-electron chi connectivity index (χ1n) is 9.10. The van der Waals surface area contributed by atoms with Gasteiger partial charge in [-0.05, 0) is 30.8 Å². The van der Waals surface area contributed by atoms with Crippen LogP contribution in [0.4, 0.5) is 0 Å². The maximum Gasteiger partial charge on any atom is 0.328 e. The van der Waals surface area contributed by atoms with Crippen molar-refractivity contribution in [2.75, 3.05) is 0 Å². The molecule has 0 fully saturated rings. The van der Waals surface area contributed by atoms with Crippen molar-refractivity contribution in [3.05, 3.63) is 115 Å². The quantitative estimate of drug-likeness (QED) is 0.258. The van der Waals surface area contributed by atoms with E-state index in [1.807, 2.05) is 6.92 Å². The molecule has 0 aliphatic heterocycles. The molecule has 164 valence electrons. The second-order valence-electron chi connectivity index (χ2n) is 5.57. The summed E-state index contributed by atoms with van der Waals surface area (Å²) in [4.78, 5) is 24.8. The molecule has 1 N–H and O–H groups in total. The molecule has 32 heavy (non-hydrogen) atoms.